The van der Waals surface area contributed by atoms with Crippen LogP contribution in [-0.2, 0) is 6.42 Å². The number of methoxy groups -OCH3 is 2. The molecule has 1 aromatic heterocycles. The van der Waals surface area contributed by atoms with E-state index in [1.54, 1.807) is 20.4 Å². The predicted molar refractivity (Wildman–Crippen MR) is 108 cm³/mol. The van der Waals surface area contributed by atoms with Crippen LogP contribution in [-0.4, -0.2) is 30.7 Å². The van der Waals surface area contributed by atoms with Crippen molar-refractivity contribution in [3.63, 3.8) is 0 Å². The summed E-state index contributed by atoms with van der Waals surface area (Å²) in [4.78, 5) is 8.79. The number of hydrogen-bond donors (Lipinski definition) is 2. The average Bonchev–Trinajstić information content (AvgIpc) is 2.72. The van der Waals surface area contributed by atoms with Crippen molar-refractivity contribution >= 4 is 17.5 Å². The lowest BCUT2D eigenvalue weighted by Crippen LogP contribution is -2.07. The summed E-state index contributed by atoms with van der Waals surface area (Å²) in [5, 5.41) is 6.53. The van der Waals surface area contributed by atoms with Gasteiger partial charge in [-0.3, -0.25) is 0 Å². The van der Waals surface area contributed by atoms with Crippen molar-refractivity contribution in [2.45, 2.75) is 12.8 Å². The van der Waals surface area contributed by atoms with E-state index in [1.165, 1.54) is 5.56 Å². The molecule has 0 aliphatic carbocycles. The molecular weight excluding hydrogens is 340 g/mol. The fraction of sp³-hybridized carbons (Fsp3) is 0.238. The first-order valence-corrected chi connectivity index (χ1v) is 8.88. The Labute approximate surface area is 159 Å². The van der Waals surface area contributed by atoms with Crippen LogP contribution in [0, 0.1) is 0 Å². The molecule has 0 bridgehead atoms. The third kappa shape index (κ3) is 5.34. The van der Waals surface area contributed by atoms with Crippen LogP contribution in [0.2, 0.25) is 0 Å². The van der Waals surface area contributed by atoms with Gasteiger partial charge in [0.15, 0.2) is 11.5 Å². The van der Waals surface area contributed by atoms with E-state index in [0.717, 1.165) is 25.1 Å². The lowest BCUT2D eigenvalue weighted by molar-refractivity contribution is 0.355. The van der Waals surface area contributed by atoms with E-state index in [4.69, 9.17) is 9.47 Å². The van der Waals surface area contributed by atoms with Crippen molar-refractivity contribution in [2.75, 3.05) is 31.4 Å². The van der Waals surface area contributed by atoms with Crippen LogP contribution in [0.25, 0.3) is 0 Å². The first-order valence-electron chi connectivity index (χ1n) is 8.88. The Morgan fingerprint density at radius 1 is 0.926 bits per heavy atom. The Hall–Kier alpha value is -3.28. The lowest BCUT2D eigenvalue weighted by atomic mass is 10.1. The van der Waals surface area contributed by atoms with Crippen LogP contribution < -0.4 is 20.1 Å². The normalized spacial score (nSPS) is 10.3. The van der Waals surface area contributed by atoms with Crippen LogP contribution in [0.5, 0.6) is 11.5 Å². The fourth-order valence-electron chi connectivity index (χ4n) is 2.71. The van der Waals surface area contributed by atoms with Gasteiger partial charge in [-0.1, -0.05) is 30.3 Å². The number of aromatic nitrogens is 2. The number of ether oxygens (including phenoxy) is 2. The molecule has 0 aliphatic heterocycles. The molecule has 0 radical (unpaired) electrons. The lowest BCUT2D eigenvalue weighted by Gasteiger charge is -2.11. The molecule has 0 fully saturated rings. The number of aryl methyl sites for hydroxylation is 1. The molecule has 3 rings (SSSR count). The van der Waals surface area contributed by atoms with Crippen LogP contribution >= 0.6 is 0 Å². The van der Waals surface area contributed by atoms with E-state index in [0.29, 0.717) is 23.3 Å². The van der Waals surface area contributed by atoms with Gasteiger partial charge in [0, 0.05) is 24.5 Å². The summed E-state index contributed by atoms with van der Waals surface area (Å²) >= 11 is 0. The van der Waals surface area contributed by atoms with Crippen molar-refractivity contribution in [3.05, 3.63) is 66.4 Å². The molecule has 6 nitrogen and oxygen atoms in total. The Bertz CT molecular complexity index is 856. The standard InChI is InChI=1S/C21H24N4O2/c1-26-18-11-10-17(15-19(18)27-2)24-20-12-14-23-21(25-20)22-13-6-9-16-7-4-3-5-8-16/h3-5,7-8,10-12,14-15H,6,9,13H2,1-2H3,(H2,22,23,24,25). The highest BCUT2D eigenvalue weighted by Gasteiger charge is 2.06. The van der Waals surface area contributed by atoms with Gasteiger partial charge in [-0.15, -0.1) is 0 Å². The minimum absolute atomic E-state index is 0.605. The third-order valence-electron chi connectivity index (χ3n) is 4.08. The molecule has 0 saturated carbocycles. The summed E-state index contributed by atoms with van der Waals surface area (Å²) in [6.45, 7) is 0.814. The van der Waals surface area contributed by atoms with E-state index >= 15 is 0 Å². The van der Waals surface area contributed by atoms with Crippen LogP contribution in [0.1, 0.15) is 12.0 Å². The van der Waals surface area contributed by atoms with E-state index in [-0.39, 0.29) is 0 Å². The Balaban J connectivity index is 1.55. The summed E-state index contributed by atoms with van der Waals surface area (Å²) in [6.07, 6.45) is 3.77. The molecule has 1 heterocycles. The minimum Gasteiger partial charge on any atom is -0.493 e. The maximum atomic E-state index is 5.33. The van der Waals surface area contributed by atoms with Crippen molar-refractivity contribution in [3.8, 4) is 11.5 Å². The zero-order valence-electron chi connectivity index (χ0n) is 15.6. The largest absolute Gasteiger partial charge is 0.493 e. The number of rotatable bonds is 9. The Kier molecular flexibility index (Phi) is 6.46. The maximum Gasteiger partial charge on any atom is 0.224 e. The second kappa shape index (κ2) is 9.43. The quantitative estimate of drug-likeness (QED) is 0.552. The molecule has 0 atom stereocenters. The Morgan fingerprint density at radius 3 is 2.52 bits per heavy atom. The molecule has 0 saturated heterocycles. The van der Waals surface area contributed by atoms with Crippen LogP contribution in [0.15, 0.2) is 60.8 Å². The summed E-state index contributed by atoms with van der Waals surface area (Å²) in [7, 11) is 3.23. The minimum atomic E-state index is 0.605. The van der Waals surface area contributed by atoms with Crippen LogP contribution in [0.4, 0.5) is 17.5 Å². The van der Waals surface area contributed by atoms with Crippen LogP contribution in [0.3, 0.4) is 0 Å². The smallest absolute Gasteiger partial charge is 0.224 e. The topological polar surface area (TPSA) is 68.3 Å². The molecule has 0 spiro atoms. The second-order valence-electron chi connectivity index (χ2n) is 5.98. The number of nitrogens with zero attached hydrogens (tertiary/aromatic N) is 2. The first-order chi connectivity index (χ1) is 13.3. The monoisotopic (exact) mass is 364 g/mol. The molecular formula is C21H24N4O2. The van der Waals surface area contributed by atoms with Gasteiger partial charge in [-0.25, -0.2) is 4.98 Å². The molecule has 2 aromatic carbocycles. The fourth-order valence-corrected chi connectivity index (χ4v) is 2.71. The SMILES string of the molecule is COc1ccc(Nc2ccnc(NCCCc3ccccc3)n2)cc1OC. The number of hydrogen-bond acceptors (Lipinski definition) is 6. The first kappa shape index (κ1) is 18.5. The third-order valence-corrected chi connectivity index (χ3v) is 4.08. The van der Waals surface area contributed by atoms with Gasteiger partial charge in [0.25, 0.3) is 0 Å². The van der Waals surface area contributed by atoms with Crippen molar-refractivity contribution in [2.24, 2.45) is 0 Å². The van der Waals surface area contributed by atoms with E-state index in [9.17, 15) is 0 Å². The Morgan fingerprint density at radius 2 is 1.74 bits per heavy atom. The molecule has 0 unspecified atom stereocenters. The van der Waals surface area contributed by atoms with Gasteiger partial charge >= 0.3 is 0 Å². The van der Waals surface area contributed by atoms with Gasteiger partial charge in [0.05, 0.1) is 14.2 Å². The molecule has 3 aromatic rings. The van der Waals surface area contributed by atoms with Crippen molar-refractivity contribution < 1.29 is 9.47 Å². The van der Waals surface area contributed by atoms with Crippen molar-refractivity contribution in [1.29, 1.82) is 0 Å². The maximum absolute atomic E-state index is 5.33. The van der Waals surface area contributed by atoms with Gasteiger partial charge in [0.2, 0.25) is 5.95 Å². The summed E-state index contributed by atoms with van der Waals surface area (Å²) in [5.41, 5.74) is 2.20. The van der Waals surface area contributed by atoms with Gasteiger partial charge in [-0.05, 0) is 36.6 Å². The average molecular weight is 364 g/mol. The summed E-state index contributed by atoms with van der Waals surface area (Å²) in [5.74, 6) is 2.67. The van der Waals surface area contributed by atoms with Gasteiger partial charge in [0.1, 0.15) is 5.82 Å². The molecule has 0 amide bonds. The van der Waals surface area contributed by atoms with Crippen molar-refractivity contribution in [1.82, 2.24) is 9.97 Å². The predicted octanol–water partition coefficient (Wildman–Crippen LogP) is 4.28. The number of benzene rings is 2. The zero-order chi connectivity index (χ0) is 18.9. The van der Waals surface area contributed by atoms with E-state index < -0.39 is 0 Å². The highest BCUT2D eigenvalue weighted by molar-refractivity contribution is 5.61. The van der Waals surface area contributed by atoms with E-state index in [1.807, 2.05) is 30.3 Å². The van der Waals surface area contributed by atoms with E-state index in [2.05, 4.69) is 44.9 Å². The molecule has 6 heteroatoms. The van der Waals surface area contributed by atoms with Gasteiger partial charge < -0.3 is 20.1 Å². The molecule has 0 aliphatic rings. The summed E-state index contributed by atoms with van der Waals surface area (Å²) < 4.78 is 10.6. The highest BCUT2D eigenvalue weighted by Crippen LogP contribution is 2.30. The zero-order valence-corrected chi connectivity index (χ0v) is 15.6. The number of nitrogens with one attached hydrogen (secondary N) is 2. The molecule has 2 N–H and O–H groups in total. The molecule has 27 heavy (non-hydrogen) atoms. The summed E-state index contributed by atoms with van der Waals surface area (Å²) in [6, 6.07) is 17.9. The number of anilines is 3. The molecule has 140 valence electrons. The van der Waals surface area contributed by atoms with Gasteiger partial charge in [-0.2, -0.15) is 4.98 Å². The second-order valence-corrected chi connectivity index (χ2v) is 5.98. The highest BCUT2D eigenvalue weighted by atomic mass is 16.5.